The van der Waals surface area contributed by atoms with E-state index in [4.69, 9.17) is 9.47 Å². The van der Waals surface area contributed by atoms with E-state index in [0.717, 1.165) is 41.3 Å². The van der Waals surface area contributed by atoms with Gasteiger partial charge in [0.15, 0.2) is 11.5 Å². The summed E-state index contributed by atoms with van der Waals surface area (Å²) in [4.78, 5) is 16.5. The minimum atomic E-state index is -0.121. The van der Waals surface area contributed by atoms with E-state index in [1.807, 2.05) is 30.3 Å². The SMILES string of the molecule is O=C(CN1CCCC1c1ccc2c(c1)OCCO2)NC(c1ccccc1)c1cccs1. The van der Waals surface area contributed by atoms with Crippen molar-refractivity contribution >= 4 is 17.2 Å². The average Bonchev–Trinajstić information content (AvgIpc) is 3.50. The number of ether oxygens (including phenoxy) is 2. The fourth-order valence-corrected chi connectivity index (χ4v) is 5.27. The highest BCUT2D eigenvalue weighted by Gasteiger charge is 2.29. The van der Waals surface area contributed by atoms with Crippen molar-refractivity contribution < 1.29 is 14.3 Å². The van der Waals surface area contributed by atoms with E-state index in [9.17, 15) is 4.79 Å². The third-order valence-corrected chi connectivity index (χ3v) is 6.86. The van der Waals surface area contributed by atoms with Crippen LogP contribution in [0.1, 0.15) is 40.9 Å². The maximum Gasteiger partial charge on any atom is 0.234 e. The van der Waals surface area contributed by atoms with Gasteiger partial charge in [-0.3, -0.25) is 9.69 Å². The summed E-state index contributed by atoms with van der Waals surface area (Å²) in [5, 5.41) is 5.32. The largest absolute Gasteiger partial charge is 0.486 e. The predicted molar refractivity (Wildman–Crippen MR) is 122 cm³/mol. The van der Waals surface area contributed by atoms with Gasteiger partial charge in [0, 0.05) is 10.9 Å². The number of carbonyl (C=O) groups excluding carboxylic acids is 1. The van der Waals surface area contributed by atoms with Gasteiger partial charge in [0.2, 0.25) is 5.91 Å². The summed E-state index contributed by atoms with van der Waals surface area (Å²) in [6.07, 6.45) is 2.12. The van der Waals surface area contributed by atoms with Gasteiger partial charge in [-0.2, -0.15) is 0 Å². The standard InChI is InChI=1S/C25H26N2O3S/c28-24(26-25(23-9-5-15-31-23)18-6-2-1-3-7-18)17-27-12-4-8-20(27)19-10-11-21-22(16-19)30-14-13-29-21/h1-3,5-7,9-11,15-16,20,25H,4,8,12-14,17H2,(H,26,28). The minimum Gasteiger partial charge on any atom is -0.486 e. The first kappa shape index (κ1) is 20.1. The molecule has 2 aromatic carbocycles. The number of fused-ring (bicyclic) bond motifs is 1. The van der Waals surface area contributed by atoms with Crippen molar-refractivity contribution in [1.82, 2.24) is 10.2 Å². The van der Waals surface area contributed by atoms with E-state index in [2.05, 4.69) is 45.9 Å². The van der Waals surface area contributed by atoms with Crippen molar-refractivity contribution in [2.45, 2.75) is 24.9 Å². The number of hydrogen-bond donors (Lipinski definition) is 1. The smallest absolute Gasteiger partial charge is 0.234 e. The number of thiophene rings is 1. The van der Waals surface area contributed by atoms with Crippen LogP contribution in [0.2, 0.25) is 0 Å². The summed E-state index contributed by atoms with van der Waals surface area (Å²) < 4.78 is 11.4. The Hall–Kier alpha value is -2.83. The molecule has 1 saturated heterocycles. The van der Waals surface area contributed by atoms with Gasteiger partial charge in [-0.05, 0) is 54.1 Å². The number of rotatable bonds is 6. The molecule has 3 aromatic rings. The molecule has 160 valence electrons. The van der Waals surface area contributed by atoms with E-state index in [1.165, 1.54) is 5.56 Å². The molecule has 5 nitrogen and oxygen atoms in total. The van der Waals surface area contributed by atoms with Gasteiger partial charge >= 0.3 is 0 Å². The average molecular weight is 435 g/mol. The second-order valence-electron chi connectivity index (χ2n) is 7.96. The number of carbonyl (C=O) groups is 1. The molecule has 31 heavy (non-hydrogen) atoms. The molecule has 0 spiro atoms. The zero-order chi connectivity index (χ0) is 21.0. The van der Waals surface area contributed by atoms with Crippen LogP contribution in [0, 0.1) is 0 Å². The Kier molecular flexibility index (Phi) is 5.91. The number of hydrogen-bond acceptors (Lipinski definition) is 5. The van der Waals surface area contributed by atoms with Gasteiger partial charge in [0.05, 0.1) is 12.6 Å². The molecule has 2 unspecified atom stereocenters. The molecule has 2 aliphatic heterocycles. The summed E-state index contributed by atoms with van der Waals surface area (Å²) in [5.41, 5.74) is 2.29. The molecule has 1 aromatic heterocycles. The molecule has 0 bridgehead atoms. The van der Waals surface area contributed by atoms with Crippen molar-refractivity contribution in [3.05, 3.63) is 82.0 Å². The van der Waals surface area contributed by atoms with Crippen molar-refractivity contribution in [2.75, 3.05) is 26.3 Å². The molecule has 0 radical (unpaired) electrons. The summed E-state index contributed by atoms with van der Waals surface area (Å²) >= 11 is 1.67. The van der Waals surface area contributed by atoms with Crippen LogP contribution in [0.25, 0.3) is 0 Å². The number of amides is 1. The molecule has 1 N–H and O–H groups in total. The predicted octanol–water partition coefficient (Wildman–Crippen LogP) is 4.56. The maximum atomic E-state index is 13.1. The Balaban J connectivity index is 1.30. The first-order valence-corrected chi connectivity index (χ1v) is 11.7. The first-order valence-electron chi connectivity index (χ1n) is 10.8. The second kappa shape index (κ2) is 9.12. The van der Waals surface area contributed by atoms with Gasteiger partial charge in [-0.1, -0.05) is 42.5 Å². The lowest BCUT2D eigenvalue weighted by molar-refractivity contribution is -0.123. The van der Waals surface area contributed by atoms with Crippen molar-refractivity contribution in [1.29, 1.82) is 0 Å². The van der Waals surface area contributed by atoms with E-state index >= 15 is 0 Å². The second-order valence-corrected chi connectivity index (χ2v) is 8.94. The Morgan fingerprint density at radius 2 is 1.90 bits per heavy atom. The summed E-state index contributed by atoms with van der Waals surface area (Å²) in [5.74, 6) is 1.66. The van der Waals surface area contributed by atoms with Crippen molar-refractivity contribution in [2.24, 2.45) is 0 Å². The quantitative estimate of drug-likeness (QED) is 0.618. The highest BCUT2D eigenvalue weighted by molar-refractivity contribution is 7.10. The van der Waals surface area contributed by atoms with Crippen LogP contribution < -0.4 is 14.8 Å². The zero-order valence-electron chi connectivity index (χ0n) is 17.3. The number of nitrogens with zero attached hydrogens (tertiary/aromatic N) is 1. The number of benzene rings is 2. The molecule has 0 aliphatic carbocycles. The minimum absolute atomic E-state index is 0.0479. The lowest BCUT2D eigenvalue weighted by Gasteiger charge is -2.27. The maximum absolute atomic E-state index is 13.1. The van der Waals surface area contributed by atoms with Crippen LogP contribution >= 0.6 is 11.3 Å². The molecule has 6 heteroatoms. The van der Waals surface area contributed by atoms with Crippen molar-refractivity contribution in [3.63, 3.8) is 0 Å². The van der Waals surface area contributed by atoms with E-state index in [-0.39, 0.29) is 18.0 Å². The van der Waals surface area contributed by atoms with Crippen LogP contribution in [0.4, 0.5) is 0 Å². The van der Waals surface area contributed by atoms with E-state index < -0.39 is 0 Å². The van der Waals surface area contributed by atoms with Crippen molar-refractivity contribution in [3.8, 4) is 11.5 Å². The van der Waals surface area contributed by atoms with Gasteiger partial charge in [0.25, 0.3) is 0 Å². The molecule has 3 heterocycles. The Labute approximate surface area is 186 Å². The van der Waals surface area contributed by atoms with Gasteiger partial charge < -0.3 is 14.8 Å². The monoisotopic (exact) mass is 434 g/mol. The van der Waals surface area contributed by atoms with Crippen LogP contribution in [0.5, 0.6) is 11.5 Å². The van der Waals surface area contributed by atoms with Gasteiger partial charge in [-0.15, -0.1) is 11.3 Å². The number of likely N-dealkylation sites (tertiary alicyclic amines) is 1. The first-order chi connectivity index (χ1) is 15.3. The normalized spacial score (nSPS) is 19.2. The highest BCUT2D eigenvalue weighted by atomic mass is 32.1. The fraction of sp³-hybridized carbons (Fsp3) is 0.320. The Bertz CT molecular complexity index is 1020. The Morgan fingerprint density at radius 3 is 2.71 bits per heavy atom. The summed E-state index contributed by atoms with van der Waals surface area (Å²) in [7, 11) is 0. The fourth-order valence-electron chi connectivity index (χ4n) is 4.47. The van der Waals surface area contributed by atoms with Gasteiger partial charge in [-0.25, -0.2) is 0 Å². The number of nitrogens with one attached hydrogen (secondary N) is 1. The highest BCUT2D eigenvalue weighted by Crippen LogP contribution is 2.38. The molecular weight excluding hydrogens is 408 g/mol. The van der Waals surface area contributed by atoms with Crippen LogP contribution in [0.15, 0.2) is 66.0 Å². The lowest BCUT2D eigenvalue weighted by Crippen LogP contribution is -2.38. The lowest BCUT2D eigenvalue weighted by atomic mass is 10.0. The molecule has 5 rings (SSSR count). The molecule has 1 fully saturated rings. The van der Waals surface area contributed by atoms with Crippen LogP contribution in [-0.2, 0) is 4.79 Å². The van der Waals surface area contributed by atoms with E-state index in [0.29, 0.717) is 19.8 Å². The Morgan fingerprint density at radius 1 is 1.06 bits per heavy atom. The summed E-state index contributed by atoms with van der Waals surface area (Å²) in [6, 6.07) is 20.5. The topological polar surface area (TPSA) is 50.8 Å². The molecule has 1 amide bonds. The van der Waals surface area contributed by atoms with E-state index in [1.54, 1.807) is 11.3 Å². The third kappa shape index (κ3) is 4.45. The van der Waals surface area contributed by atoms with Gasteiger partial charge in [0.1, 0.15) is 13.2 Å². The molecule has 2 atom stereocenters. The molecular formula is C25H26N2O3S. The van der Waals surface area contributed by atoms with Crippen LogP contribution in [-0.4, -0.2) is 37.1 Å². The third-order valence-electron chi connectivity index (χ3n) is 5.93. The zero-order valence-corrected chi connectivity index (χ0v) is 18.1. The van der Waals surface area contributed by atoms with Crippen LogP contribution in [0.3, 0.4) is 0 Å². The molecule has 0 saturated carbocycles. The molecule has 2 aliphatic rings. The summed E-state index contributed by atoms with van der Waals surface area (Å²) in [6.45, 7) is 2.47.